The zero-order valence-corrected chi connectivity index (χ0v) is 14.3. The van der Waals surface area contributed by atoms with Gasteiger partial charge in [0.2, 0.25) is 0 Å². The van der Waals surface area contributed by atoms with Crippen molar-refractivity contribution in [2.45, 2.75) is 32.1 Å². The van der Waals surface area contributed by atoms with Crippen LogP contribution in [-0.2, 0) is 9.09 Å². The maximum atomic E-state index is 10.5. The molecule has 0 spiro atoms. The van der Waals surface area contributed by atoms with Crippen molar-refractivity contribution >= 4 is 7.82 Å². The Morgan fingerprint density at radius 3 is 2.38 bits per heavy atom. The minimum atomic E-state index is -4.58. The van der Waals surface area contributed by atoms with Crippen molar-refractivity contribution < 1.29 is 23.4 Å². The quantitative estimate of drug-likeness (QED) is 0.236. The van der Waals surface area contributed by atoms with Gasteiger partial charge < -0.3 is 29.8 Å². The van der Waals surface area contributed by atoms with Gasteiger partial charge in [0, 0.05) is 13.0 Å². The summed E-state index contributed by atoms with van der Waals surface area (Å²) in [6, 6.07) is 0. The summed E-state index contributed by atoms with van der Waals surface area (Å²) in [5, 5.41) is 3.41. The second-order valence-corrected chi connectivity index (χ2v) is 7.19. The van der Waals surface area contributed by atoms with Gasteiger partial charge in [-0.1, -0.05) is 12.8 Å². The Labute approximate surface area is 128 Å². The summed E-state index contributed by atoms with van der Waals surface area (Å²) in [6.45, 7) is 4.26. The highest BCUT2D eigenvalue weighted by molar-refractivity contribution is 7.44. The Kier molecular flexibility index (Phi) is 11.5. The fourth-order valence-corrected chi connectivity index (χ4v) is 2.33. The lowest BCUT2D eigenvalue weighted by molar-refractivity contribution is -0.890. The summed E-state index contributed by atoms with van der Waals surface area (Å²) in [4.78, 5) is 19.0. The minimum Gasteiger partial charge on any atom is -0.756 e. The molecular formula is C13H32N3O4P. The van der Waals surface area contributed by atoms with E-state index in [0.29, 0.717) is 11.0 Å². The number of unbranched alkanes of at least 4 members (excludes halogenated alkanes) is 3. The first-order valence-corrected chi connectivity index (χ1v) is 9.17. The molecule has 0 radical (unpaired) electrons. The van der Waals surface area contributed by atoms with Gasteiger partial charge in [-0.25, -0.2) is 0 Å². The summed E-state index contributed by atoms with van der Waals surface area (Å²) in [7, 11) is -0.550. The van der Waals surface area contributed by atoms with Crippen LogP contribution in [-0.4, -0.2) is 62.8 Å². The molecule has 7 nitrogen and oxygen atoms in total. The van der Waals surface area contributed by atoms with Crippen LogP contribution in [0, 0.1) is 0 Å². The van der Waals surface area contributed by atoms with Crippen molar-refractivity contribution in [3.05, 3.63) is 0 Å². The summed E-state index contributed by atoms with van der Waals surface area (Å²) in [5.74, 6) is 0. The molecule has 0 rings (SSSR count). The summed E-state index contributed by atoms with van der Waals surface area (Å²) in [6.07, 6.45) is 5.74. The molecule has 0 aromatic rings. The number of nitrogens with two attached hydrogens (primary N) is 1. The van der Waals surface area contributed by atoms with E-state index >= 15 is 0 Å². The molecule has 4 N–H and O–H groups in total. The molecule has 0 aliphatic rings. The molecule has 21 heavy (non-hydrogen) atoms. The van der Waals surface area contributed by atoms with E-state index in [1.165, 1.54) is 19.3 Å². The Balaban J connectivity index is 3.46. The molecule has 0 aliphatic carbocycles. The number of phosphoric ester groups is 1. The first-order valence-electron chi connectivity index (χ1n) is 7.68. The van der Waals surface area contributed by atoms with E-state index in [-0.39, 0.29) is 6.61 Å². The molecule has 0 fully saturated rings. The monoisotopic (exact) mass is 325 g/mol. The van der Waals surface area contributed by atoms with Gasteiger partial charge in [-0.2, -0.15) is 0 Å². The van der Waals surface area contributed by atoms with E-state index < -0.39 is 7.82 Å². The number of nitrogens with zero attached hydrogens (tertiary/aromatic N) is 1. The van der Waals surface area contributed by atoms with Gasteiger partial charge in [0.25, 0.3) is 7.82 Å². The van der Waals surface area contributed by atoms with Gasteiger partial charge >= 0.3 is 0 Å². The van der Waals surface area contributed by atoms with Crippen molar-refractivity contribution in [2.75, 3.05) is 53.4 Å². The van der Waals surface area contributed by atoms with Crippen LogP contribution in [0.25, 0.3) is 0 Å². The van der Waals surface area contributed by atoms with Gasteiger partial charge in [0.05, 0.1) is 20.6 Å². The standard InChI is InChI=1S/C13H32N3O4P/c1-16(2,12-13-20-21(17,18)19)11-7-10-15-9-6-4-3-5-8-14/h15H,3-14H2,1-2H3,(H-,17,18,19). The van der Waals surface area contributed by atoms with E-state index in [4.69, 9.17) is 10.6 Å². The van der Waals surface area contributed by atoms with Gasteiger partial charge in [-0.15, -0.1) is 0 Å². The van der Waals surface area contributed by atoms with Crippen LogP contribution in [0.15, 0.2) is 0 Å². The first kappa shape index (κ1) is 21.0. The van der Waals surface area contributed by atoms with Crippen LogP contribution >= 0.6 is 7.82 Å². The molecule has 1 unspecified atom stereocenters. The topological polar surface area (TPSA) is 108 Å². The third-order valence-electron chi connectivity index (χ3n) is 3.38. The zero-order valence-electron chi connectivity index (χ0n) is 13.4. The molecule has 0 aromatic carbocycles. The molecule has 0 bridgehead atoms. The van der Waals surface area contributed by atoms with Crippen molar-refractivity contribution in [3.63, 3.8) is 0 Å². The van der Waals surface area contributed by atoms with E-state index in [1.54, 1.807) is 0 Å². The highest BCUT2D eigenvalue weighted by Crippen LogP contribution is 2.29. The van der Waals surface area contributed by atoms with Crippen molar-refractivity contribution in [2.24, 2.45) is 5.73 Å². The lowest BCUT2D eigenvalue weighted by atomic mass is 10.2. The Morgan fingerprint density at radius 1 is 1.14 bits per heavy atom. The highest BCUT2D eigenvalue weighted by atomic mass is 31.2. The van der Waals surface area contributed by atoms with Crippen molar-refractivity contribution in [3.8, 4) is 0 Å². The van der Waals surface area contributed by atoms with Crippen LogP contribution in [0.3, 0.4) is 0 Å². The normalized spacial score (nSPS) is 15.1. The first-order chi connectivity index (χ1) is 9.77. The highest BCUT2D eigenvalue weighted by Gasteiger charge is 2.15. The van der Waals surface area contributed by atoms with Crippen LogP contribution < -0.4 is 15.9 Å². The van der Waals surface area contributed by atoms with Gasteiger partial charge in [0.15, 0.2) is 0 Å². The fourth-order valence-electron chi connectivity index (χ4n) is 2.02. The summed E-state index contributed by atoms with van der Waals surface area (Å²) in [5.41, 5.74) is 5.44. The summed E-state index contributed by atoms with van der Waals surface area (Å²) >= 11 is 0. The van der Waals surface area contributed by atoms with Crippen LogP contribution in [0.2, 0.25) is 0 Å². The zero-order chi connectivity index (χ0) is 16.2. The lowest BCUT2D eigenvalue weighted by Crippen LogP contribution is -2.43. The second-order valence-electron chi connectivity index (χ2n) is 5.99. The van der Waals surface area contributed by atoms with Gasteiger partial charge in [0.1, 0.15) is 13.2 Å². The summed E-state index contributed by atoms with van der Waals surface area (Å²) < 4.78 is 15.5. The minimum absolute atomic E-state index is 0.0127. The molecule has 0 aliphatic heterocycles. The predicted molar refractivity (Wildman–Crippen MR) is 82.6 cm³/mol. The molecule has 128 valence electrons. The van der Waals surface area contributed by atoms with Crippen LogP contribution in [0.5, 0.6) is 0 Å². The smallest absolute Gasteiger partial charge is 0.265 e. The number of likely N-dealkylation sites (N-methyl/N-ethyl adjacent to an activating group) is 1. The van der Waals surface area contributed by atoms with Crippen molar-refractivity contribution in [1.82, 2.24) is 5.32 Å². The fraction of sp³-hybridized carbons (Fsp3) is 1.00. The molecule has 8 heteroatoms. The molecule has 0 saturated heterocycles. The third kappa shape index (κ3) is 16.2. The Morgan fingerprint density at radius 2 is 1.76 bits per heavy atom. The number of phosphoric acid groups is 1. The molecule has 0 saturated carbocycles. The number of rotatable bonds is 14. The van der Waals surface area contributed by atoms with Crippen LogP contribution in [0.4, 0.5) is 0 Å². The number of hydrogen-bond acceptors (Lipinski definition) is 5. The number of nitrogens with one attached hydrogen (secondary N) is 1. The van der Waals surface area contributed by atoms with E-state index in [9.17, 15) is 9.46 Å². The van der Waals surface area contributed by atoms with Gasteiger partial charge in [-0.3, -0.25) is 4.57 Å². The number of hydrogen-bond donors (Lipinski definition) is 3. The molecule has 0 amide bonds. The van der Waals surface area contributed by atoms with E-state index in [0.717, 1.165) is 39.0 Å². The molecular weight excluding hydrogens is 293 g/mol. The van der Waals surface area contributed by atoms with Crippen LogP contribution in [0.1, 0.15) is 32.1 Å². The Hall–Kier alpha value is -0.0100. The second kappa shape index (κ2) is 11.5. The van der Waals surface area contributed by atoms with Gasteiger partial charge in [-0.05, 0) is 25.9 Å². The molecule has 0 heterocycles. The maximum absolute atomic E-state index is 10.5. The molecule has 0 aromatic heterocycles. The third-order valence-corrected chi connectivity index (χ3v) is 3.88. The average Bonchev–Trinajstić information content (AvgIpc) is 2.35. The average molecular weight is 325 g/mol. The largest absolute Gasteiger partial charge is 0.756 e. The van der Waals surface area contributed by atoms with E-state index in [1.807, 2.05) is 14.1 Å². The maximum Gasteiger partial charge on any atom is 0.265 e. The van der Waals surface area contributed by atoms with Crippen molar-refractivity contribution in [1.29, 1.82) is 0 Å². The predicted octanol–water partition coefficient (Wildman–Crippen LogP) is 0.0389. The number of quaternary nitrogens is 1. The van der Waals surface area contributed by atoms with E-state index in [2.05, 4.69) is 9.84 Å². The lowest BCUT2D eigenvalue weighted by Gasteiger charge is -2.30. The Bertz CT molecular complexity index is 297. The SMILES string of the molecule is C[N+](C)(CCCNCCCCCCN)CCOP(=O)([O-])O. The molecule has 1 atom stereocenters.